The number of halogens is 1. The van der Waals surface area contributed by atoms with Gasteiger partial charge in [-0.3, -0.25) is 9.79 Å². The van der Waals surface area contributed by atoms with Gasteiger partial charge in [-0.2, -0.15) is 0 Å². The first kappa shape index (κ1) is 21.0. The molecule has 1 fully saturated rings. The number of amides is 1. The first-order chi connectivity index (χ1) is 12.0. The molecule has 1 aromatic carbocycles. The number of hydrogen-bond acceptors (Lipinski definition) is 3. The number of methoxy groups -OCH3 is 1. The van der Waals surface area contributed by atoms with Crippen molar-refractivity contribution in [3.05, 3.63) is 29.8 Å². The molecule has 2 unspecified atom stereocenters. The van der Waals surface area contributed by atoms with Crippen LogP contribution < -0.4 is 15.5 Å². The zero-order valence-corrected chi connectivity index (χ0v) is 18.2. The topological polar surface area (TPSA) is 66.0 Å². The number of guanidine groups is 1. The summed E-state index contributed by atoms with van der Waals surface area (Å²) in [5.74, 6) is 0.932. The lowest BCUT2D eigenvalue weighted by atomic mass is 9.64. The Morgan fingerprint density at radius 3 is 2.77 bits per heavy atom. The second kappa shape index (κ2) is 8.56. The molecule has 2 atom stereocenters. The van der Waals surface area contributed by atoms with Crippen LogP contribution in [0.3, 0.4) is 0 Å². The van der Waals surface area contributed by atoms with Crippen LogP contribution in [0.2, 0.25) is 0 Å². The maximum Gasteiger partial charge on any atom is 0.231 e. The van der Waals surface area contributed by atoms with Crippen molar-refractivity contribution in [1.29, 1.82) is 0 Å². The summed E-state index contributed by atoms with van der Waals surface area (Å²) >= 11 is 0. The second-order valence-electron chi connectivity index (χ2n) is 7.33. The maximum atomic E-state index is 12.2. The fraction of sp³-hybridized carbons (Fsp3) is 0.579. The molecular weight excluding hydrogens is 443 g/mol. The van der Waals surface area contributed by atoms with E-state index in [0.29, 0.717) is 25.6 Å². The summed E-state index contributed by atoms with van der Waals surface area (Å²) in [4.78, 5) is 18.4. The molecule has 26 heavy (non-hydrogen) atoms. The van der Waals surface area contributed by atoms with E-state index in [9.17, 15) is 4.79 Å². The van der Waals surface area contributed by atoms with Gasteiger partial charge in [0.25, 0.3) is 0 Å². The highest BCUT2D eigenvalue weighted by molar-refractivity contribution is 14.0. The summed E-state index contributed by atoms with van der Waals surface area (Å²) < 4.78 is 5.50. The zero-order chi connectivity index (χ0) is 18.0. The predicted molar refractivity (Wildman–Crippen MR) is 115 cm³/mol. The van der Waals surface area contributed by atoms with Crippen molar-refractivity contribution >= 4 is 41.5 Å². The van der Waals surface area contributed by atoms with Crippen LogP contribution in [0.25, 0.3) is 0 Å². The smallest absolute Gasteiger partial charge is 0.231 e. The minimum Gasteiger partial charge on any atom is -0.381 e. The summed E-state index contributed by atoms with van der Waals surface area (Å²) in [6.45, 7) is 5.69. The van der Waals surface area contributed by atoms with Gasteiger partial charge in [0.05, 0.1) is 12.5 Å². The number of para-hydroxylation sites is 1. The molecule has 1 aliphatic carbocycles. The van der Waals surface area contributed by atoms with Gasteiger partial charge in [-0.1, -0.05) is 32.0 Å². The Balaban J connectivity index is 0.00000243. The van der Waals surface area contributed by atoms with Gasteiger partial charge >= 0.3 is 0 Å². The molecule has 2 aliphatic rings. The number of carbonyl (C=O) groups excluding carboxylic acids is 1. The third-order valence-corrected chi connectivity index (χ3v) is 5.55. The Bertz CT molecular complexity index is 677. The molecule has 6 nitrogen and oxygen atoms in total. The molecule has 2 N–H and O–H groups in total. The van der Waals surface area contributed by atoms with E-state index >= 15 is 0 Å². The van der Waals surface area contributed by atoms with E-state index in [2.05, 4.69) is 29.5 Å². The fourth-order valence-electron chi connectivity index (χ4n) is 3.74. The van der Waals surface area contributed by atoms with Gasteiger partial charge in [-0.25, -0.2) is 0 Å². The van der Waals surface area contributed by atoms with Crippen LogP contribution in [0.1, 0.15) is 25.8 Å². The van der Waals surface area contributed by atoms with Gasteiger partial charge in [0, 0.05) is 44.4 Å². The number of hydrogen-bond donors (Lipinski definition) is 2. The summed E-state index contributed by atoms with van der Waals surface area (Å²) in [5.41, 5.74) is 2.22. The summed E-state index contributed by atoms with van der Waals surface area (Å²) in [6.07, 6.45) is 1.75. The van der Waals surface area contributed by atoms with E-state index in [1.807, 2.05) is 29.2 Å². The average molecular weight is 472 g/mol. The van der Waals surface area contributed by atoms with E-state index in [0.717, 1.165) is 23.6 Å². The highest BCUT2D eigenvalue weighted by Gasteiger charge is 2.48. The van der Waals surface area contributed by atoms with Crippen LogP contribution in [0, 0.1) is 5.41 Å². The minimum absolute atomic E-state index is 0. The Hall–Kier alpha value is -1.35. The van der Waals surface area contributed by atoms with Crippen LogP contribution in [0.4, 0.5) is 5.69 Å². The predicted octanol–water partition coefficient (Wildman–Crippen LogP) is 2.17. The molecular formula is C19H29IN4O2. The summed E-state index contributed by atoms with van der Waals surface area (Å²) in [7, 11) is 3.53. The highest BCUT2D eigenvalue weighted by atomic mass is 127. The standard InChI is InChI=1S/C19H28N4O2.HI/c1-19(2)15(12-16(19)25-4)22-18(20-3)21-9-10-23-14-8-6-5-7-13(14)11-17(23)24;/h5-8,15-16H,9-12H2,1-4H3,(H2,20,21,22);1H. The molecule has 0 saturated heterocycles. The molecule has 144 valence electrons. The Kier molecular flexibility index (Phi) is 6.90. The molecule has 1 heterocycles. The number of nitrogens with one attached hydrogen (secondary N) is 2. The van der Waals surface area contributed by atoms with E-state index in [1.165, 1.54) is 0 Å². The van der Waals surface area contributed by atoms with Gasteiger partial charge in [-0.05, 0) is 18.1 Å². The Morgan fingerprint density at radius 2 is 2.12 bits per heavy atom. The Morgan fingerprint density at radius 1 is 1.38 bits per heavy atom. The fourth-order valence-corrected chi connectivity index (χ4v) is 3.74. The van der Waals surface area contributed by atoms with Gasteiger partial charge < -0.3 is 20.3 Å². The molecule has 1 amide bonds. The number of anilines is 1. The average Bonchev–Trinajstić information content (AvgIpc) is 2.92. The third kappa shape index (κ3) is 3.98. The van der Waals surface area contributed by atoms with Crippen LogP contribution in [-0.2, 0) is 16.0 Å². The van der Waals surface area contributed by atoms with Crippen LogP contribution in [0.15, 0.2) is 29.3 Å². The van der Waals surface area contributed by atoms with Gasteiger partial charge in [0.2, 0.25) is 5.91 Å². The lowest BCUT2D eigenvalue weighted by Crippen LogP contribution is -2.63. The molecule has 1 saturated carbocycles. The van der Waals surface area contributed by atoms with Crippen molar-refractivity contribution in [1.82, 2.24) is 10.6 Å². The van der Waals surface area contributed by atoms with Gasteiger partial charge in [0.1, 0.15) is 0 Å². The first-order valence-electron chi connectivity index (χ1n) is 8.85. The minimum atomic E-state index is 0. The molecule has 0 radical (unpaired) electrons. The SMILES string of the molecule is CN=C(NCCN1C(=O)Cc2ccccc21)NC1CC(OC)C1(C)C.I. The normalized spacial score (nSPS) is 23.8. The van der Waals surface area contributed by atoms with Crippen molar-refractivity contribution < 1.29 is 9.53 Å². The van der Waals surface area contributed by atoms with E-state index < -0.39 is 0 Å². The highest BCUT2D eigenvalue weighted by Crippen LogP contribution is 2.42. The maximum absolute atomic E-state index is 12.2. The lowest BCUT2D eigenvalue weighted by Gasteiger charge is -2.51. The molecule has 1 aliphatic heterocycles. The molecule has 7 heteroatoms. The number of benzene rings is 1. The Labute approximate surface area is 172 Å². The van der Waals surface area contributed by atoms with Crippen molar-refractivity contribution in [2.24, 2.45) is 10.4 Å². The molecule has 0 aromatic heterocycles. The number of fused-ring (bicyclic) bond motifs is 1. The largest absolute Gasteiger partial charge is 0.381 e. The zero-order valence-electron chi connectivity index (χ0n) is 15.9. The van der Waals surface area contributed by atoms with Crippen molar-refractivity contribution in [3.8, 4) is 0 Å². The number of rotatable bonds is 5. The molecule has 3 rings (SSSR count). The lowest BCUT2D eigenvalue weighted by molar-refractivity contribution is -0.117. The monoisotopic (exact) mass is 472 g/mol. The van der Waals surface area contributed by atoms with Gasteiger partial charge in [0.15, 0.2) is 5.96 Å². The van der Waals surface area contributed by atoms with E-state index in [1.54, 1.807) is 14.2 Å². The van der Waals surface area contributed by atoms with E-state index in [-0.39, 0.29) is 41.4 Å². The summed E-state index contributed by atoms with van der Waals surface area (Å²) in [5, 5.41) is 6.79. The molecule has 0 spiro atoms. The number of ether oxygens (including phenoxy) is 1. The first-order valence-corrected chi connectivity index (χ1v) is 8.85. The molecule has 1 aromatic rings. The van der Waals surface area contributed by atoms with Crippen molar-refractivity contribution in [2.75, 3.05) is 32.1 Å². The third-order valence-electron chi connectivity index (χ3n) is 5.55. The van der Waals surface area contributed by atoms with Crippen LogP contribution in [0.5, 0.6) is 0 Å². The number of carbonyl (C=O) groups is 1. The molecule has 0 bridgehead atoms. The second-order valence-corrected chi connectivity index (χ2v) is 7.33. The van der Waals surface area contributed by atoms with Crippen molar-refractivity contribution in [3.63, 3.8) is 0 Å². The van der Waals surface area contributed by atoms with Gasteiger partial charge in [-0.15, -0.1) is 24.0 Å². The van der Waals surface area contributed by atoms with Crippen LogP contribution >= 0.6 is 24.0 Å². The van der Waals surface area contributed by atoms with E-state index in [4.69, 9.17) is 4.74 Å². The summed E-state index contributed by atoms with van der Waals surface area (Å²) in [6, 6.07) is 8.32. The van der Waals surface area contributed by atoms with Crippen LogP contribution in [-0.4, -0.2) is 51.3 Å². The number of nitrogens with zero attached hydrogens (tertiary/aromatic N) is 2. The number of aliphatic imine (C=N–C) groups is 1. The quantitative estimate of drug-likeness (QED) is 0.392. The van der Waals surface area contributed by atoms with Crippen molar-refractivity contribution in [2.45, 2.75) is 38.8 Å².